The number of rotatable bonds is 8. The first kappa shape index (κ1) is 24.7. The number of benzene rings is 2. The van der Waals surface area contributed by atoms with Crippen molar-refractivity contribution in [1.82, 2.24) is 15.1 Å². The van der Waals surface area contributed by atoms with E-state index in [2.05, 4.69) is 5.32 Å². The Hall–Kier alpha value is -3.40. The average molecular weight is 500 g/mol. The molecule has 4 rings (SSSR count). The molecule has 0 aliphatic carbocycles. The van der Waals surface area contributed by atoms with Crippen molar-refractivity contribution >= 4 is 27.7 Å². The molecule has 2 aromatic carbocycles. The minimum Gasteiger partial charge on any atom is -0.496 e. The molecule has 0 spiro atoms. The molecule has 0 radical (unpaired) electrons. The third kappa shape index (κ3) is 5.32. The van der Waals surface area contributed by atoms with E-state index < -0.39 is 45.8 Å². The highest BCUT2D eigenvalue weighted by molar-refractivity contribution is 7.91. The van der Waals surface area contributed by atoms with Crippen LogP contribution in [0.3, 0.4) is 0 Å². The van der Waals surface area contributed by atoms with Crippen LogP contribution in [0.5, 0.6) is 5.75 Å². The number of para-hydroxylation sites is 1. The van der Waals surface area contributed by atoms with Gasteiger partial charge in [0.15, 0.2) is 9.84 Å². The molecule has 9 nitrogen and oxygen atoms in total. The Morgan fingerprint density at radius 1 is 1.14 bits per heavy atom. The van der Waals surface area contributed by atoms with Crippen LogP contribution in [0, 0.1) is 0 Å². The van der Waals surface area contributed by atoms with Crippen molar-refractivity contribution < 1.29 is 27.5 Å². The third-order valence-electron chi connectivity index (χ3n) is 6.54. The standard InChI is InChI=1S/C25H29N3O6S/c1-25(14-19-10-6-7-11-21(19)34-2)23(30)28(24(31)26-25)16-22(29)27(15-18-8-4-3-5-9-18)20-12-13-35(32,33)17-20/h3-11,20H,12-17H2,1-2H3,(H,26,31). The van der Waals surface area contributed by atoms with Crippen LogP contribution in [0.2, 0.25) is 0 Å². The molecule has 35 heavy (non-hydrogen) atoms. The number of methoxy groups -OCH3 is 1. The first-order chi connectivity index (χ1) is 16.6. The van der Waals surface area contributed by atoms with E-state index in [0.29, 0.717) is 12.2 Å². The van der Waals surface area contributed by atoms with E-state index in [4.69, 9.17) is 4.74 Å². The maximum Gasteiger partial charge on any atom is 0.325 e. The average Bonchev–Trinajstić information content (AvgIpc) is 3.29. The SMILES string of the molecule is COc1ccccc1CC1(C)NC(=O)N(CC(=O)N(Cc2ccccc2)C2CCS(=O)(=O)C2)C1=O. The maximum absolute atomic E-state index is 13.4. The van der Waals surface area contributed by atoms with Gasteiger partial charge in [0.25, 0.3) is 5.91 Å². The summed E-state index contributed by atoms with van der Waals surface area (Å²) in [6.07, 6.45) is 0.521. The zero-order valence-electron chi connectivity index (χ0n) is 19.8. The van der Waals surface area contributed by atoms with Crippen LogP contribution in [0.25, 0.3) is 0 Å². The highest BCUT2D eigenvalue weighted by Crippen LogP contribution is 2.28. The molecule has 1 N–H and O–H groups in total. The Kier molecular flexibility index (Phi) is 6.84. The smallest absolute Gasteiger partial charge is 0.325 e. The number of urea groups is 1. The fourth-order valence-electron chi connectivity index (χ4n) is 4.69. The summed E-state index contributed by atoms with van der Waals surface area (Å²) in [7, 11) is -1.71. The molecule has 2 fully saturated rings. The van der Waals surface area contributed by atoms with Crippen LogP contribution < -0.4 is 10.1 Å². The van der Waals surface area contributed by atoms with Crippen molar-refractivity contribution in [3.8, 4) is 5.75 Å². The van der Waals surface area contributed by atoms with Gasteiger partial charge in [-0.3, -0.25) is 14.5 Å². The van der Waals surface area contributed by atoms with Gasteiger partial charge in [0.05, 0.1) is 18.6 Å². The third-order valence-corrected chi connectivity index (χ3v) is 8.29. The number of carbonyl (C=O) groups excluding carboxylic acids is 3. The summed E-state index contributed by atoms with van der Waals surface area (Å²) < 4.78 is 29.6. The number of hydrogen-bond acceptors (Lipinski definition) is 6. The lowest BCUT2D eigenvalue weighted by Crippen LogP contribution is -2.49. The van der Waals surface area contributed by atoms with Gasteiger partial charge in [-0.15, -0.1) is 0 Å². The molecule has 0 bridgehead atoms. The molecule has 10 heteroatoms. The normalized spacial score (nSPS) is 23.3. The second-order valence-electron chi connectivity index (χ2n) is 9.21. The van der Waals surface area contributed by atoms with Gasteiger partial charge in [-0.2, -0.15) is 0 Å². The van der Waals surface area contributed by atoms with E-state index in [1.165, 1.54) is 12.0 Å². The highest BCUT2D eigenvalue weighted by Gasteiger charge is 2.49. The van der Waals surface area contributed by atoms with Crippen molar-refractivity contribution in [2.75, 3.05) is 25.2 Å². The predicted molar refractivity (Wildman–Crippen MR) is 129 cm³/mol. The molecule has 2 aromatic rings. The second-order valence-corrected chi connectivity index (χ2v) is 11.4. The topological polar surface area (TPSA) is 113 Å². The van der Waals surface area contributed by atoms with Gasteiger partial charge in [-0.25, -0.2) is 13.2 Å². The van der Waals surface area contributed by atoms with E-state index >= 15 is 0 Å². The van der Waals surface area contributed by atoms with Crippen LogP contribution in [0.15, 0.2) is 54.6 Å². The number of ether oxygens (including phenoxy) is 1. The molecule has 0 saturated carbocycles. The summed E-state index contributed by atoms with van der Waals surface area (Å²) >= 11 is 0. The fraction of sp³-hybridized carbons (Fsp3) is 0.400. The zero-order valence-corrected chi connectivity index (χ0v) is 20.6. The number of hydrogen-bond donors (Lipinski definition) is 1. The Labute approximate surface area is 205 Å². The Bertz CT molecular complexity index is 1230. The van der Waals surface area contributed by atoms with Crippen LogP contribution in [-0.4, -0.2) is 72.8 Å². The van der Waals surface area contributed by atoms with Crippen molar-refractivity contribution in [1.29, 1.82) is 0 Å². The largest absolute Gasteiger partial charge is 0.496 e. The summed E-state index contributed by atoms with van der Waals surface area (Å²) in [6, 6.07) is 15.3. The number of amides is 4. The van der Waals surface area contributed by atoms with Crippen LogP contribution >= 0.6 is 0 Å². The van der Waals surface area contributed by atoms with Crippen LogP contribution in [0.4, 0.5) is 4.79 Å². The van der Waals surface area contributed by atoms with Crippen molar-refractivity contribution in [3.63, 3.8) is 0 Å². The molecule has 0 aromatic heterocycles. The van der Waals surface area contributed by atoms with E-state index in [-0.39, 0.29) is 24.5 Å². The fourth-order valence-corrected chi connectivity index (χ4v) is 6.42. The van der Waals surface area contributed by atoms with Gasteiger partial charge in [0.2, 0.25) is 5.91 Å². The lowest BCUT2D eigenvalue weighted by Gasteiger charge is -2.30. The lowest BCUT2D eigenvalue weighted by atomic mass is 9.92. The molecule has 2 unspecified atom stereocenters. The minimum atomic E-state index is -3.24. The lowest BCUT2D eigenvalue weighted by molar-refractivity contribution is -0.140. The highest BCUT2D eigenvalue weighted by atomic mass is 32.2. The summed E-state index contributed by atoms with van der Waals surface area (Å²) in [6.45, 7) is 1.35. The van der Waals surface area contributed by atoms with E-state index in [1.54, 1.807) is 13.0 Å². The molecule has 2 saturated heterocycles. The van der Waals surface area contributed by atoms with Crippen molar-refractivity contribution in [2.45, 2.75) is 37.9 Å². The molecule has 2 atom stereocenters. The zero-order chi connectivity index (χ0) is 25.2. The van der Waals surface area contributed by atoms with Gasteiger partial charge in [0, 0.05) is 19.0 Å². The number of sulfone groups is 1. The Morgan fingerprint density at radius 3 is 2.49 bits per heavy atom. The number of carbonyl (C=O) groups is 3. The summed E-state index contributed by atoms with van der Waals surface area (Å²) in [5.41, 5.74) is 0.344. The molecule has 2 heterocycles. The van der Waals surface area contributed by atoms with E-state index in [1.807, 2.05) is 48.5 Å². The van der Waals surface area contributed by atoms with Gasteiger partial charge in [-0.05, 0) is 30.5 Å². The number of nitrogens with one attached hydrogen (secondary N) is 1. The maximum atomic E-state index is 13.4. The summed E-state index contributed by atoms with van der Waals surface area (Å²) in [4.78, 5) is 41.9. The van der Waals surface area contributed by atoms with Gasteiger partial charge >= 0.3 is 6.03 Å². The first-order valence-electron chi connectivity index (χ1n) is 11.4. The first-order valence-corrected chi connectivity index (χ1v) is 13.2. The van der Waals surface area contributed by atoms with E-state index in [0.717, 1.165) is 16.0 Å². The molecule has 4 amide bonds. The summed E-state index contributed by atoms with van der Waals surface area (Å²) in [5, 5.41) is 2.72. The number of nitrogens with zero attached hydrogens (tertiary/aromatic N) is 2. The molecule has 2 aliphatic rings. The monoisotopic (exact) mass is 499 g/mol. The van der Waals surface area contributed by atoms with Gasteiger partial charge in [-0.1, -0.05) is 48.5 Å². The van der Waals surface area contributed by atoms with E-state index in [9.17, 15) is 22.8 Å². The van der Waals surface area contributed by atoms with Gasteiger partial charge < -0.3 is 15.0 Å². The van der Waals surface area contributed by atoms with Crippen molar-refractivity contribution in [3.05, 3.63) is 65.7 Å². The molecular formula is C25H29N3O6S. The Balaban J connectivity index is 1.53. The predicted octanol–water partition coefficient (Wildman–Crippen LogP) is 1.76. The van der Waals surface area contributed by atoms with Crippen LogP contribution in [-0.2, 0) is 32.4 Å². The van der Waals surface area contributed by atoms with Crippen LogP contribution in [0.1, 0.15) is 24.5 Å². The number of imide groups is 1. The second kappa shape index (κ2) is 9.69. The quantitative estimate of drug-likeness (QED) is 0.554. The Morgan fingerprint density at radius 2 is 1.83 bits per heavy atom. The minimum absolute atomic E-state index is 0.0103. The van der Waals surface area contributed by atoms with Gasteiger partial charge in [0.1, 0.15) is 17.8 Å². The molecule has 186 valence electrons. The summed E-state index contributed by atoms with van der Waals surface area (Å²) in [5.74, 6) is -0.503. The van der Waals surface area contributed by atoms with Crippen molar-refractivity contribution in [2.24, 2.45) is 0 Å². The molecule has 2 aliphatic heterocycles. The molecular weight excluding hydrogens is 470 g/mol.